The third-order valence-corrected chi connectivity index (χ3v) is 8.08. The van der Waals surface area contributed by atoms with E-state index in [2.05, 4.69) is 16.1 Å². The standard InChI is InChI=1S/C19H24N4O2/c20-8-13-4-11-5-14(11)15(13)18(24)17(22-23-21)16-12-2-9-1-10(3-12)7-19(16,25)6-9/h9-17,25H,1-7H2/t9?,10?,11-,12?,13+,14+,15?,16?,17+,19?/m1/s1. The predicted octanol–water partition coefficient (Wildman–Crippen LogP) is 3.22. The maximum absolute atomic E-state index is 13.4. The van der Waals surface area contributed by atoms with Crippen LogP contribution in [-0.2, 0) is 4.79 Å². The zero-order chi connectivity index (χ0) is 17.3. The van der Waals surface area contributed by atoms with Crippen LogP contribution in [0.4, 0.5) is 0 Å². The molecule has 132 valence electrons. The fourth-order valence-corrected chi connectivity index (χ4v) is 7.44. The molecule has 6 saturated carbocycles. The lowest BCUT2D eigenvalue weighted by atomic mass is 9.48. The van der Waals surface area contributed by atoms with Gasteiger partial charge in [0.2, 0.25) is 0 Å². The van der Waals surface area contributed by atoms with Gasteiger partial charge in [0.1, 0.15) is 11.8 Å². The number of fused-ring (bicyclic) bond motifs is 1. The van der Waals surface area contributed by atoms with Crippen LogP contribution in [0.25, 0.3) is 10.4 Å². The van der Waals surface area contributed by atoms with Gasteiger partial charge >= 0.3 is 0 Å². The van der Waals surface area contributed by atoms with Gasteiger partial charge in [-0.05, 0) is 80.1 Å². The maximum atomic E-state index is 13.4. The summed E-state index contributed by atoms with van der Waals surface area (Å²) in [6.07, 6.45) is 6.62. The normalized spacial score (nSPS) is 52.8. The third kappa shape index (κ3) is 2.19. The number of nitrogens with zero attached hydrogens (tertiary/aromatic N) is 4. The fourth-order valence-electron chi connectivity index (χ4n) is 7.44. The highest BCUT2D eigenvalue weighted by Gasteiger charge is 2.62. The lowest BCUT2D eigenvalue weighted by Crippen LogP contribution is -2.61. The van der Waals surface area contributed by atoms with Gasteiger partial charge in [-0.15, -0.1) is 0 Å². The molecular weight excluding hydrogens is 316 g/mol. The zero-order valence-electron chi connectivity index (χ0n) is 14.3. The molecular formula is C19H24N4O2. The first-order chi connectivity index (χ1) is 12.0. The molecule has 4 unspecified atom stereocenters. The minimum Gasteiger partial charge on any atom is -0.390 e. The zero-order valence-corrected chi connectivity index (χ0v) is 14.3. The molecule has 0 amide bonds. The van der Waals surface area contributed by atoms with Gasteiger partial charge < -0.3 is 5.11 Å². The van der Waals surface area contributed by atoms with Gasteiger partial charge in [-0.3, -0.25) is 4.79 Å². The van der Waals surface area contributed by atoms with Crippen LogP contribution in [0, 0.1) is 58.7 Å². The second-order valence-electron chi connectivity index (χ2n) is 9.45. The van der Waals surface area contributed by atoms with Crippen molar-refractivity contribution in [2.24, 2.45) is 52.5 Å². The van der Waals surface area contributed by atoms with E-state index < -0.39 is 11.6 Å². The molecule has 6 aliphatic carbocycles. The molecule has 6 heteroatoms. The van der Waals surface area contributed by atoms with Crippen molar-refractivity contribution in [3.05, 3.63) is 10.4 Å². The number of nitriles is 1. The molecule has 6 fully saturated rings. The molecule has 4 bridgehead atoms. The lowest BCUT2D eigenvalue weighted by molar-refractivity contribution is -0.181. The molecule has 0 saturated heterocycles. The number of carbonyl (C=O) groups is 1. The summed E-state index contributed by atoms with van der Waals surface area (Å²) in [4.78, 5) is 16.4. The molecule has 0 spiro atoms. The van der Waals surface area contributed by atoms with E-state index in [0.717, 1.165) is 38.5 Å². The van der Waals surface area contributed by atoms with E-state index in [9.17, 15) is 15.2 Å². The third-order valence-electron chi connectivity index (χ3n) is 8.08. The van der Waals surface area contributed by atoms with E-state index in [-0.39, 0.29) is 29.5 Å². The summed E-state index contributed by atoms with van der Waals surface area (Å²) in [6, 6.07) is 1.52. The number of hydrogen-bond acceptors (Lipinski definition) is 4. The average Bonchev–Trinajstić information content (AvgIpc) is 3.22. The number of Topliss-reactive ketones (excluding diaryl/α,β-unsaturated/α-hetero) is 1. The Morgan fingerprint density at radius 2 is 1.92 bits per heavy atom. The molecule has 6 aliphatic rings. The summed E-state index contributed by atoms with van der Waals surface area (Å²) in [5.41, 5.74) is 8.27. The SMILES string of the molecule is N#C[C@@H]1C[C@@H]2C[C@@H]2C1C(=O)[C@@H](N=[N+]=[N-])C1C2CC3CC(C2)CC1(O)C3. The summed E-state index contributed by atoms with van der Waals surface area (Å²) in [6.45, 7) is 0. The van der Waals surface area contributed by atoms with Crippen LogP contribution in [-0.4, -0.2) is 22.5 Å². The average molecular weight is 340 g/mol. The van der Waals surface area contributed by atoms with Gasteiger partial charge in [-0.25, -0.2) is 0 Å². The molecule has 1 N–H and O–H groups in total. The Morgan fingerprint density at radius 1 is 1.20 bits per heavy atom. The molecule has 0 aromatic rings. The van der Waals surface area contributed by atoms with Crippen LogP contribution in [0.5, 0.6) is 0 Å². The summed E-state index contributed by atoms with van der Waals surface area (Å²) < 4.78 is 0. The number of carbonyl (C=O) groups excluding carboxylic acids is 1. The van der Waals surface area contributed by atoms with Crippen molar-refractivity contribution >= 4 is 5.78 Å². The van der Waals surface area contributed by atoms with E-state index in [1.54, 1.807) is 0 Å². The fraction of sp³-hybridized carbons (Fsp3) is 0.895. The first-order valence-corrected chi connectivity index (χ1v) is 9.74. The first-order valence-electron chi connectivity index (χ1n) is 9.74. The van der Waals surface area contributed by atoms with Crippen molar-refractivity contribution in [2.45, 2.75) is 56.6 Å². The summed E-state index contributed by atoms with van der Waals surface area (Å²) in [5, 5.41) is 24.7. The number of azide groups is 1. The van der Waals surface area contributed by atoms with E-state index in [1.165, 1.54) is 6.42 Å². The van der Waals surface area contributed by atoms with Crippen molar-refractivity contribution in [3.63, 3.8) is 0 Å². The van der Waals surface area contributed by atoms with Crippen molar-refractivity contribution in [2.75, 3.05) is 0 Å². The molecule has 0 aromatic carbocycles. The minimum absolute atomic E-state index is 0.0553. The van der Waals surface area contributed by atoms with E-state index in [4.69, 9.17) is 5.53 Å². The van der Waals surface area contributed by atoms with E-state index in [1.807, 2.05) is 0 Å². The van der Waals surface area contributed by atoms with E-state index >= 15 is 0 Å². The van der Waals surface area contributed by atoms with Crippen molar-refractivity contribution < 1.29 is 9.90 Å². The molecule has 0 aliphatic heterocycles. The quantitative estimate of drug-likeness (QED) is 0.482. The molecule has 6 nitrogen and oxygen atoms in total. The van der Waals surface area contributed by atoms with Gasteiger partial charge in [-0.1, -0.05) is 5.11 Å². The number of aliphatic hydroxyl groups is 1. The maximum Gasteiger partial charge on any atom is 0.146 e. The lowest BCUT2D eigenvalue weighted by Gasteiger charge is -2.60. The summed E-state index contributed by atoms with van der Waals surface area (Å²) >= 11 is 0. The molecule has 8 atom stereocenters. The topological polar surface area (TPSA) is 110 Å². The van der Waals surface area contributed by atoms with Crippen LogP contribution in [0.2, 0.25) is 0 Å². The van der Waals surface area contributed by atoms with Gasteiger partial charge in [0.25, 0.3) is 0 Å². The van der Waals surface area contributed by atoms with Gasteiger partial charge in [0, 0.05) is 16.7 Å². The Balaban J connectivity index is 1.48. The smallest absolute Gasteiger partial charge is 0.146 e. The Labute approximate surface area is 147 Å². The molecule has 0 aromatic heterocycles. The number of hydrogen-bond donors (Lipinski definition) is 1. The highest BCUT2D eigenvalue weighted by molar-refractivity contribution is 5.88. The van der Waals surface area contributed by atoms with Crippen LogP contribution < -0.4 is 0 Å². The van der Waals surface area contributed by atoms with Crippen LogP contribution in [0.15, 0.2) is 5.11 Å². The van der Waals surface area contributed by atoms with Crippen LogP contribution in [0.3, 0.4) is 0 Å². The first kappa shape index (κ1) is 15.7. The Kier molecular flexibility index (Phi) is 3.27. The highest BCUT2D eigenvalue weighted by Crippen LogP contribution is 2.62. The number of ketones is 1. The molecule has 6 rings (SSSR count). The highest BCUT2D eigenvalue weighted by atomic mass is 16.3. The molecule has 25 heavy (non-hydrogen) atoms. The predicted molar refractivity (Wildman–Crippen MR) is 88.7 cm³/mol. The Hall–Kier alpha value is -1.57. The van der Waals surface area contributed by atoms with Gasteiger partial charge in [0.15, 0.2) is 0 Å². The number of rotatable bonds is 4. The van der Waals surface area contributed by atoms with Gasteiger partial charge in [0.05, 0.1) is 17.6 Å². The molecule has 0 radical (unpaired) electrons. The largest absolute Gasteiger partial charge is 0.390 e. The minimum atomic E-state index is -0.854. The van der Waals surface area contributed by atoms with Crippen LogP contribution in [0.1, 0.15) is 44.9 Å². The second-order valence-corrected chi connectivity index (χ2v) is 9.45. The summed E-state index contributed by atoms with van der Waals surface area (Å²) in [5.74, 6) is 1.39. The monoisotopic (exact) mass is 340 g/mol. The van der Waals surface area contributed by atoms with Gasteiger partial charge in [-0.2, -0.15) is 5.26 Å². The Morgan fingerprint density at radius 3 is 2.52 bits per heavy atom. The second kappa shape index (κ2) is 5.22. The van der Waals surface area contributed by atoms with Crippen LogP contribution >= 0.6 is 0 Å². The van der Waals surface area contributed by atoms with E-state index in [0.29, 0.717) is 23.7 Å². The van der Waals surface area contributed by atoms with Crippen molar-refractivity contribution in [1.29, 1.82) is 5.26 Å². The Bertz CT molecular complexity index is 695. The summed E-state index contributed by atoms with van der Waals surface area (Å²) in [7, 11) is 0. The van der Waals surface area contributed by atoms with Crippen molar-refractivity contribution in [3.8, 4) is 6.07 Å². The molecule has 0 heterocycles. The van der Waals surface area contributed by atoms with Crippen molar-refractivity contribution in [1.82, 2.24) is 0 Å².